The van der Waals surface area contributed by atoms with Gasteiger partial charge in [-0.25, -0.2) is 9.37 Å². The number of likely N-dealkylation sites (N-methyl/N-ethyl adjacent to an activating group) is 1. The molecule has 0 fully saturated rings. The third kappa shape index (κ3) is 4.61. The highest BCUT2D eigenvalue weighted by molar-refractivity contribution is 7.09. The predicted molar refractivity (Wildman–Crippen MR) is 95.7 cm³/mol. The fourth-order valence-electron chi connectivity index (χ4n) is 2.46. The van der Waals surface area contributed by atoms with E-state index < -0.39 is 6.04 Å². The average Bonchev–Trinajstić information content (AvgIpc) is 2.98. The van der Waals surface area contributed by atoms with Crippen LogP contribution in [0.25, 0.3) is 0 Å². The quantitative estimate of drug-likeness (QED) is 0.834. The first-order chi connectivity index (χ1) is 11.4. The van der Waals surface area contributed by atoms with E-state index >= 15 is 0 Å². The summed E-state index contributed by atoms with van der Waals surface area (Å²) in [6.45, 7) is 4.71. The second kappa shape index (κ2) is 8.35. The highest BCUT2D eigenvalue weighted by atomic mass is 32.1. The van der Waals surface area contributed by atoms with E-state index in [-0.39, 0.29) is 11.7 Å². The number of amides is 1. The largest absolute Gasteiger partial charge is 0.354 e. The highest BCUT2D eigenvalue weighted by Gasteiger charge is 2.25. The molecule has 2 rings (SSSR count). The molecule has 0 spiro atoms. The van der Waals surface area contributed by atoms with E-state index in [2.05, 4.69) is 24.1 Å². The van der Waals surface area contributed by atoms with Gasteiger partial charge in [-0.1, -0.05) is 32.0 Å². The molecule has 0 saturated carbocycles. The van der Waals surface area contributed by atoms with Crippen molar-refractivity contribution in [3.05, 3.63) is 51.7 Å². The van der Waals surface area contributed by atoms with Crippen molar-refractivity contribution in [2.24, 2.45) is 0 Å². The van der Waals surface area contributed by atoms with Crippen molar-refractivity contribution in [3.63, 3.8) is 0 Å². The standard InChI is InChI=1S/C18H24FN3OS/c1-12(2)18-21-13(11-24-18)9-10-20-17(23)16(22(3)4)14-7-5-6-8-15(14)19/h5-8,11-12,16H,9-10H2,1-4H3,(H,20,23). The third-order valence-electron chi connectivity index (χ3n) is 3.71. The van der Waals surface area contributed by atoms with Gasteiger partial charge in [-0.3, -0.25) is 9.69 Å². The van der Waals surface area contributed by atoms with Crippen LogP contribution in [0.2, 0.25) is 0 Å². The van der Waals surface area contributed by atoms with Crippen LogP contribution in [-0.2, 0) is 11.2 Å². The lowest BCUT2D eigenvalue weighted by Gasteiger charge is -2.24. The van der Waals surface area contributed by atoms with Gasteiger partial charge >= 0.3 is 0 Å². The smallest absolute Gasteiger partial charge is 0.242 e. The van der Waals surface area contributed by atoms with Gasteiger partial charge in [-0.2, -0.15) is 0 Å². The molecule has 1 atom stereocenters. The van der Waals surface area contributed by atoms with Crippen LogP contribution in [0.4, 0.5) is 4.39 Å². The number of thiazole rings is 1. The van der Waals surface area contributed by atoms with Gasteiger partial charge in [-0.15, -0.1) is 11.3 Å². The minimum Gasteiger partial charge on any atom is -0.354 e. The number of carbonyl (C=O) groups is 1. The van der Waals surface area contributed by atoms with Crippen molar-refractivity contribution in [1.29, 1.82) is 0 Å². The number of hydrogen-bond donors (Lipinski definition) is 1. The van der Waals surface area contributed by atoms with Crippen LogP contribution in [0.15, 0.2) is 29.6 Å². The summed E-state index contributed by atoms with van der Waals surface area (Å²) in [5.41, 5.74) is 1.37. The second-order valence-corrected chi connectivity index (χ2v) is 7.15. The highest BCUT2D eigenvalue weighted by Crippen LogP contribution is 2.22. The maximum atomic E-state index is 14.0. The number of halogens is 1. The van der Waals surface area contributed by atoms with E-state index in [4.69, 9.17) is 0 Å². The molecule has 0 aliphatic rings. The van der Waals surface area contributed by atoms with Gasteiger partial charge in [0.2, 0.25) is 5.91 Å². The first-order valence-corrected chi connectivity index (χ1v) is 8.91. The molecular formula is C18H24FN3OS. The topological polar surface area (TPSA) is 45.2 Å². The van der Waals surface area contributed by atoms with Gasteiger partial charge in [0.1, 0.15) is 11.9 Å². The molecule has 0 saturated heterocycles. The molecule has 0 bridgehead atoms. The minimum absolute atomic E-state index is 0.204. The molecule has 0 aliphatic carbocycles. The van der Waals surface area contributed by atoms with Gasteiger partial charge in [0.25, 0.3) is 0 Å². The van der Waals surface area contributed by atoms with E-state index in [0.29, 0.717) is 24.4 Å². The van der Waals surface area contributed by atoms with Gasteiger partial charge in [0.05, 0.1) is 10.7 Å². The normalized spacial score (nSPS) is 12.6. The first-order valence-electron chi connectivity index (χ1n) is 8.03. The molecular weight excluding hydrogens is 325 g/mol. The fraction of sp³-hybridized carbons (Fsp3) is 0.444. The lowest BCUT2D eigenvalue weighted by Crippen LogP contribution is -2.38. The zero-order chi connectivity index (χ0) is 17.7. The van der Waals surface area contributed by atoms with Crippen LogP contribution in [0.5, 0.6) is 0 Å². The molecule has 4 nitrogen and oxygen atoms in total. The Morgan fingerprint density at radius 3 is 2.62 bits per heavy atom. The van der Waals surface area contributed by atoms with Gasteiger partial charge in [0.15, 0.2) is 0 Å². The van der Waals surface area contributed by atoms with E-state index in [0.717, 1.165) is 10.7 Å². The molecule has 1 heterocycles. The van der Waals surface area contributed by atoms with E-state index in [1.165, 1.54) is 6.07 Å². The summed E-state index contributed by atoms with van der Waals surface area (Å²) < 4.78 is 14.0. The summed E-state index contributed by atoms with van der Waals surface area (Å²) in [7, 11) is 3.54. The van der Waals surface area contributed by atoms with Crippen LogP contribution in [0.3, 0.4) is 0 Å². The molecule has 24 heavy (non-hydrogen) atoms. The van der Waals surface area contributed by atoms with Crippen LogP contribution in [0.1, 0.15) is 42.1 Å². The molecule has 2 aromatic rings. The Morgan fingerprint density at radius 1 is 1.33 bits per heavy atom. The molecule has 1 N–H and O–H groups in total. The Kier molecular flexibility index (Phi) is 6.45. The van der Waals surface area contributed by atoms with Crippen molar-refractivity contribution in [3.8, 4) is 0 Å². The minimum atomic E-state index is -0.646. The van der Waals surface area contributed by atoms with Crippen molar-refractivity contribution < 1.29 is 9.18 Å². The summed E-state index contributed by atoms with van der Waals surface area (Å²) in [5, 5.41) is 6.03. The monoisotopic (exact) mass is 349 g/mol. The number of carbonyl (C=O) groups excluding carboxylic acids is 1. The number of aromatic nitrogens is 1. The van der Waals surface area contributed by atoms with Crippen LogP contribution in [-0.4, -0.2) is 36.4 Å². The van der Waals surface area contributed by atoms with Crippen molar-refractivity contribution in [1.82, 2.24) is 15.2 Å². The molecule has 1 unspecified atom stereocenters. The third-order valence-corrected chi connectivity index (χ3v) is 4.90. The number of benzene rings is 1. The van der Waals surface area contributed by atoms with Gasteiger partial charge < -0.3 is 5.32 Å². The molecule has 1 amide bonds. The zero-order valence-electron chi connectivity index (χ0n) is 14.5. The van der Waals surface area contributed by atoms with Crippen molar-refractivity contribution in [2.45, 2.75) is 32.2 Å². The van der Waals surface area contributed by atoms with Crippen LogP contribution in [0, 0.1) is 5.82 Å². The SMILES string of the molecule is CC(C)c1nc(CCNC(=O)C(c2ccccc2F)N(C)C)cs1. The summed E-state index contributed by atoms with van der Waals surface area (Å²) >= 11 is 1.64. The Labute approximate surface area is 146 Å². The van der Waals surface area contributed by atoms with E-state index in [9.17, 15) is 9.18 Å². The number of nitrogens with zero attached hydrogens (tertiary/aromatic N) is 2. The Balaban J connectivity index is 1.97. The van der Waals surface area contributed by atoms with Crippen LogP contribution < -0.4 is 5.32 Å². The second-order valence-electron chi connectivity index (χ2n) is 6.26. The van der Waals surface area contributed by atoms with E-state index in [1.54, 1.807) is 48.5 Å². The molecule has 0 aliphatic heterocycles. The average molecular weight is 349 g/mol. The van der Waals surface area contributed by atoms with E-state index in [1.807, 2.05) is 5.38 Å². The van der Waals surface area contributed by atoms with Crippen LogP contribution >= 0.6 is 11.3 Å². The first kappa shape index (κ1) is 18.5. The maximum Gasteiger partial charge on any atom is 0.242 e. The maximum absolute atomic E-state index is 14.0. The summed E-state index contributed by atoms with van der Waals surface area (Å²) in [4.78, 5) is 18.8. The van der Waals surface area contributed by atoms with Crippen molar-refractivity contribution in [2.75, 3.05) is 20.6 Å². The number of nitrogens with one attached hydrogen (secondary N) is 1. The summed E-state index contributed by atoms with van der Waals surface area (Å²) in [6, 6.07) is 5.74. The molecule has 1 aromatic carbocycles. The Morgan fingerprint density at radius 2 is 2.04 bits per heavy atom. The Bertz CT molecular complexity index is 684. The van der Waals surface area contributed by atoms with Gasteiger partial charge in [-0.05, 0) is 20.2 Å². The molecule has 6 heteroatoms. The Hall–Kier alpha value is -1.79. The van der Waals surface area contributed by atoms with Crippen molar-refractivity contribution >= 4 is 17.2 Å². The lowest BCUT2D eigenvalue weighted by atomic mass is 10.0. The molecule has 1 aromatic heterocycles. The molecule has 130 valence electrons. The number of hydrogen-bond acceptors (Lipinski definition) is 4. The zero-order valence-corrected chi connectivity index (χ0v) is 15.4. The summed E-state index contributed by atoms with van der Waals surface area (Å²) in [5.74, 6) is -0.158. The lowest BCUT2D eigenvalue weighted by molar-refractivity contribution is -0.125. The summed E-state index contributed by atoms with van der Waals surface area (Å²) in [6.07, 6.45) is 0.673. The molecule has 0 radical (unpaired) electrons. The number of rotatable bonds is 7. The fourth-order valence-corrected chi connectivity index (χ4v) is 3.33. The predicted octanol–water partition coefficient (Wildman–Crippen LogP) is 3.37. The van der Waals surface area contributed by atoms with Gasteiger partial charge in [0, 0.05) is 29.8 Å².